The minimum atomic E-state index is -0.210. The Kier molecular flexibility index (Phi) is 5.56. The van der Waals surface area contributed by atoms with Crippen molar-refractivity contribution in [2.24, 2.45) is 5.73 Å². The van der Waals surface area contributed by atoms with Crippen LogP contribution in [0.5, 0.6) is 0 Å². The van der Waals surface area contributed by atoms with Gasteiger partial charge in [0.25, 0.3) is 0 Å². The molecular weight excluding hydrogens is 231 g/mol. The van der Waals surface area contributed by atoms with Gasteiger partial charge in [-0.3, -0.25) is 0 Å². The number of nitrogens with zero attached hydrogens (tertiary/aromatic N) is 1. The second kappa shape index (κ2) is 6.71. The highest BCUT2D eigenvalue weighted by molar-refractivity contribution is 5.49. The molecule has 18 heavy (non-hydrogen) atoms. The lowest BCUT2D eigenvalue weighted by Gasteiger charge is -2.27. The topological polar surface area (TPSA) is 38.5 Å². The SMILES string of the molecule is COCC(C)N(C)c1ccc(CC(C)N)cc1F. The summed E-state index contributed by atoms with van der Waals surface area (Å²) in [4.78, 5) is 1.88. The van der Waals surface area contributed by atoms with E-state index in [4.69, 9.17) is 10.5 Å². The highest BCUT2D eigenvalue weighted by Crippen LogP contribution is 2.21. The van der Waals surface area contributed by atoms with E-state index in [1.54, 1.807) is 19.2 Å². The molecule has 1 rings (SSSR count). The van der Waals surface area contributed by atoms with E-state index in [-0.39, 0.29) is 17.9 Å². The first-order valence-corrected chi connectivity index (χ1v) is 6.21. The Bertz CT molecular complexity index is 382. The Labute approximate surface area is 109 Å². The number of nitrogens with two attached hydrogens (primary N) is 1. The molecule has 0 aliphatic rings. The molecule has 1 aromatic carbocycles. The molecule has 2 unspecified atom stereocenters. The quantitative estimate of drug-likeness (QED) is 0.845. The predicted octanol–water partition coefficient (Wildman–Crippen LogP) is 2.19. The summed E-state index contributed by atoms with van der Waals surface area (Å²) in [6, 6.07) is 5.47. The van der Waals surface area contributed by atoms with Crippen molar-refractivity contribution in [3.05, 3.63) is 29.6 Å². The summed E-state index contributed by atoms with van der Waals surface area (Å²) in [6.45, 7) is 4.48. The molecular formula is C14H23FN2O. The van der Waals surface area contributed by atoms with Gasteiger partial charge in [-0.15, -0.1) is 0 Å². The first-order valence-electron chi connectivity index (χ1n) is 6.21. The number of ether oxygens (including phenoxy) is 1. The molecule has 2 N–H and O–H groups in total. The smallest absolute Gasteiger partial charge is 0.146 e. The molecule has 0 bridgehead atoms. The first-order chi connectivity index (χ1) is 8.45. The maximum atomic E-state index is 14.0. The zero-order valence-electron chi connectivity index (χ0n) is 11.6. The molecule has 1 aromatic rings. The number of hydrogen-bond donors (Lipinski definition) is 1. The molecule has 3 nitrogen and oxygen atoms in total. The molecule has 0 amide bonds. The van der Waals surface area contributed by atoms with E-state index >= 15 is 0 Å². The van der Waals surface area contributed by atoms with Gasteiger partial charge in [-0.2, -0.15) is 0 Å². The van der Waals surface area contributed by atoms with Crippen LogP contribution < -0.4 is 10.6 Å². The normalized spacial score (nSPS) is 14.3. The van der Waals surface area contributed by atoms with Crippen LogP contribution in [0.4, 0.5) is 10.1 Å². The van der Waals surface area contributed by atoms with Gasteiger partial charge >= 0.3 is 0 Å². The van der Waals surface area contributed by atoms with E-state index in [9.17, 15) is 4.39 Å². The highest BCUT2D eigenvalue weighted by atomic mass is 19.1. The third kappa shape index (κ3) is 3.96. The van der Waals surface area contributed by atoms with Gasteiger partial charge in [0.15, 0.2) is 0 Å². The number of likely N-dealkylation sites (N-methyl/N-ethyl adjacent to an activating group) is 1. The van der Waals surface area contributed by atoms with Crippen LogP contribution in [0.15, 0.2) is 18.2 Å². The fourth-order valence-electron chi connectivity index (χ4n) is 1.93. The van der Waals surface area contributed by atoms with Gasteiger partial charge in [-0.05, 0) is 38.0 Å². The van der Waals surface area contributed by atoms with E-state index in [1.165, 1.54) is 0 Å². The maximum absolute atomic E-state index is 14.0. The molecule has 0 saturated carbocycles. The summed E-state index contributed by atoms with van der Waals surface area (Å²) in [6.07, 6.45) is 0.689. The summed E-state index contributed by atoms with van der Waals surface area (Å²) in [5, 5.41) is 0. The summed E-state index contributed by atoms with van der Waals surface area (Å²) < 4.78 is 19.1. The standard InChI is InChI=1S/C14H23FN2O/c1-10(16)7-12-5-6-14(13(15)8-12)17(3)11(2)9-18-4/h5-6,8,10-11H,7,9,16H2,1-4H3. The van der Waals surface area contributed by atoms with Gasteiger partial charge in [0.2, 0.25) is 0 Å². The first kappa shape index (κ1) is 14.9. The van der Waals surface area contributed by atoms with Gasteiger partial charge in [0.1, 0.15) is 5.82 Å². The Balaban J connectivity index is 2.84. The fraction of sp³-hybridized carbons (Fsp3) is 0.571. The van der Waals surface area contributed by atoms with Crippen LogP contribution in [0, 0.1) is 5.82 Å². The van der Waals surface area contributed by atoms with E-state index in [2.05, 4.69) is 0 Å². The summed E-state index contributed by atoms with van der Waals surface area (Å²) in [5.74, 6) is -0.210. The average molecular weight is 254 g/mol. The van der Waals surface area contributed by atoms with Gasteiger partial charge in [0, 0.05) is 26.2 Å². The highest BCUT2D eigenvalue weighted by Gasteiger charge is 2.14. The second-order valence-corrected chi connectivity index (χ2v) is 4.88. The van der Waals surface area contributed by atoms with Gasteiger partial charge in [0.05, 0.1) is 12.3 Å². The van der Waals surface area contributed by atoms with Crippen LogP contribution in [-0.4, -0.2) is 32.8 Å². The molecule has 4 heteroatoms. The van der Waals surface area contributed by atoms with Crippen LogP contribution in [-0.2, 0) is 11.2 Å². The van der Waals surface area contributed by atoms with Crippen molar-refractivity contribution < 1.29 is 9.13 Å². The minimum Gasteiger partial charge on any atom is -0.383 e. The molecule has 0 saturated heterocycles. The number of anilines is 1. The van der Waals surface area contributed by atoms with Crippen LogP contribution in [0.25, 0.3) is 0 Å². The number of rotatable bonds is 6. The molecule has 0 spiro atoms. The van der Waals surface area contributed by atoms with E-state index < -0.39 is 0 Å². The second-order valence-electron chi connectivity index (χ2n) is 4.88. The Morgan fingerprint density at radius 3 is 2.56 bits per heavy atom. The van der Waals surface area contributed by atoms with Crippen molar-refractivity contribution in [3.8, 4) is 0 Å². The van der Waals surface area contributed by atoms with E-state index in [0.29, 0.717) is 18.7 Å². The maximum Gasteiger partial charge on any atom is 0.146 e. The largest absolute Gasteiger partial charge is 0.383 e. The monoisotopic (exact) mass is 254 g/mol. The summed E-state index contributed by atoms with van der Waals surface area (Å²) in [7, 11) is 3.51. The van der Waals surface area contributed by atoms with Crippen molar-refractivity contribution in [2.75, 3.05) is 25.7 Å². The molecule has 0 heterocycles. The molecule has 0 aliphatic carbocycles. The van der Waals surface area contributed by atoms with Crippen LogP contribution in [0.1, 0.15) is 19.4 Å². The lowest BCUT2D eigenvalue weighted by Crippen LogP contribution is -2.33. The Hall–Kier alpha value is -1.13. The van der Waals surface area contributed by atoms with Crippen LogP contribution in [0.3, 0.4) is 0 Å². The zero-order valence-corrected chi connectivity index (χ0v) is 11.6. The lowest BCUT2D eigenvalue weighted by atomic mass is 10.1. The van der Waals surface area contributed by atoms with Crippen LogP contribution in [0.2, 0.25) is 0 Å². The predicted molar refractivity (Wildman–Crippen MR) is 73.5 cm³/mol. The summed E-state index contributed by atoms with van der Waals surface area (Å²) >= 11 is 0. The number of hydrogen-bond acceptors (Lipinski definition) is 3. The number of methoxy groups -OCH3 is 1. The molecule has 0 aromatic heterocycles. The molecule has 0 aliphatic heterocycles. The zero-order chi connectivity index (χ0) is 13.7. The van der Waals surface area contributed by atoms with E-state index in [1.807, 2.05) is 31.9 Å². The van der Waals surface area contributed by atoms with Gasteiger partial charge < -0.3 is 15.4 Å². The van der Waals surface area contributed by atoms with Crippen molar-refractivity contribution >= 4 is 5.69 Å². The van der Waals surface area contributed by atoms with Crippen molar-refractivity contribution in [3.63, 3.8) is 0 Å². The Morgan fingerprint density at radius 1 is 1.39 bits per heavy atom. The molecule has 2 atom stereocenters. The molecule has 102 valence electrons. The van der Waals surface area contributed by atoms with Gasteiger partial charge in [-0.25, -0.2) is 4.39 Å². The minimum absolute atomic E-state index is 0.0420. The van der Waals surface area contributed by atoms with Crippen molar-refractivity contribution in [1.82, 2.24) is 0 Å². The average Bonchev–Trinajstić information content (AvgIpc) is 2.28. The van der Waals surface area contributed by atoms with E-state index in [0.717, 1.165) is 5.56 Å². The summed E-state index contributed by atoms with van der Waals surface area (Å²) in [5.41, 5.74) is 7.23. The van der Waals surface area contributed by atoms with Crippen molar-refractivity contribution in [1.29, 1.82) is 0 Å². The third-order valence-electron chi connectivity index (χ3n) is 3.02. The van der Waals surface area contributed by atoms with Crippen molar-refractivity contribution in [2.45, 2.75) is 32.4 Å². The molecule has 0 radical (unpaired) electrons. The lowest BCUT2D eigenvalue weighted by molar-refractivity contribution is 0.183. The Morgan fingerprint density at radius 2 is 2.06 bits per heavy atom. The number of halogens is 1. The fourth-order valence-corrected chi connectivity index (χ4v) is 1.93. The van der Waals surface area contributed by atoms with Crippen LogP contribution >= 0.6 is 0 Å². The van der Waals surface area contributed by atoms with Gasteiger partial charge in [-0.1, -0.05) is 6.07 Å². The third-order valence-corrected chi connectivity index (χ3v) is 3.02. The molecule has 0 fully saturated rings. The number of benzene rings is 1.